The van der Waals surface area contributed by atoms with E-state index in [4.69, 9.17) is 10.5 Å². The molecule has 0 aliphatic carbocycles. The fourth-order valence-corrected chi connectivity index (χ4v) is 3.47. The van der Waals surface area contributed by atoms with Gasteiger partial charge in [-0.3, -0.25) is 4.79 Å². The summed E-state index contributed by atoms with van der Waals surface area (Å²) in [5, 5.41) is 0. The lowest BCUT2D eigenvalue weighted by Gasteiger charge is -2.24. The maximum Gasteiger partial charge on any atom is 0.229 e. The summed E-state index contributed by atoms with van der Waals surface area (Å²) in [6.07, 6.45) is 0.154. The molecule has 1 aromatic rings. The van der Waals surface area contributed by atoms with Crippen molar-refractivity contribution in [2.45, 2.75) is 46.1 Å². The van der Waals surface area contributed by atoms with Gasteiger partial charge in [-0.05, 0) is 43.0 Å². The fourth-order valence-electron chi connectivity index (χ4n) is 3.47. The van der Waals surface area contributed by atoms with Crippen LogP contribution >= 0.6 is 0 Å². The zero-order chi connectivity index (χ0) is 14.4. The minimum absolute atomic E-state index is 0.00119. The zero-order valence-corrected chi connectivity index (χ0v) is 12.3. The SMILES string of the molecule is CC1OC(C)C(C(=O)N2Cc3ccc(N)cc3C2)C1C. The highest BCUT2D eigenvalue weighted by Crippen LogP contribution is 2.35. The average molecular weight is 274 g/mol. The molecule has 2 N–H and O–H groups in total. The molecule has 3 rings (SSSR count). The maximum atomic E-state index is 12.8. The molecule has 0 spiro atoms. The molecule has 0 aromatic heterocycles. The van der Waals surface area contributed by atoms with Gasteiger partial charge in [-0.1, -0.05) is 13.0 Å². The summed E-state index contributed by atoms with van der Waals surface area (Å²) < 4.78 is 5.80. The topological polar surface area (TPSA) is 55.6 Å². The van der Waals surface area contributed by atoms with E-state index in [9.17, 15) is 4.79 Å². The number of nitrogens with zero attached hydrogens (tertiary/aromatic N) is 1. The van der Waals surface area contributed by atoms with Gasteiger partial charge in [0.2, 0.25) is 5.91 Å². The summed E-state index contributed by atoms with van der Waals surface area (Å²) in [4.78, 5) is 14.7. The molecule has 4 atom stereocenters. The van der Waals surface area contributed by atoms with Gasteiger partial charge in [-0.2, -0.15) is 0 Å². The molecule has 20 heavy (non-hydrogen) atoms. The summed E-state index contributed by atoms with van der Waals surface area (Å²) >= 11 is 0. The van der Waals surface area contributed by atoms with Gasteiger partial charge in [-0.25, -0.2) is 0 Å². The first-order chi connectivity index (χ1) is 9.47. The number of anilines is 1. The van der Waals surface area contributed by atoms with Gasteiger partial charge < -0.3 is 15.4 Å². The first-order valence-electron chi connectivity index (χ1n) is 7.29. The van der Waals surface area contributed by atoms with Crippen LogP contribution in [0.2, 0.25) is 0 Å². The number of carbonyl (C=O) groups is 1. The van der Waals surface area contributed by atoms with Crippen molar-refractivity contribution < 1.29 is 9.53 Å². The fraction of sp³-hybridized carbons (Fsp3) is 0.562. The molecular weight excluding hydrogens is 252 g/mol. The van der Waals surface area contributed by atoms with Crippen LogP contribution in [0.5, 0.6) is 0 Å². The Kier molecular flexibility index (Phi) is 3.21. The molecule has 0 saturated carbocycles. The molecule has 1 fully saturated rings. The molecule has 108 valence electrons. The lowest BCUT2D eigenvalue weighted by Crippen LogP contribution is -2.38. The van der Waals surface area contributed by atoms with Crippen molar-refractivity contribution in [2.75, 3.05) is 5.73 Å². The van der Waals surface area contributed by atoms with E-state index in [1.165, 1.54) is 11.1 Å². The third-order valence-corrected chi connectivity index (χ3v) is 4.79. The Morgan fingerprint density at radius 2 is 1.90 bits per heavy atom. The standard InChI is InChI=1S/C16H22N2O2/c1-9-10(2)20-11(3)15(9)16(19)18-7-12-4-5-14(17)6-13(12)8-18/h4-6,9-11,15H,7-8,17H2,1-3H3. The Balaban J connectivity index is 1.77. The lowest BCUT2D eigenvalue weighted by molar-refractivity contribution is -0.138. The molecule has 1 amide bonds. The minimum atomic E-state index is -0.0309. The number of fused-ring (bicyclic) bond motifs is 1. The van der Waals surface area contributed by atoms with Crippen LogP contribution in [-0.4, -0.2) is 23.0 Å². The molecule has 0 bridgehead atoms. The van der Waals surface area contributed by atoms with Crippen molar-refractivity contribution in [1.82, 2.24) is 4.90 Å². The molecule has 4 heteroatoms. The van der Waals surface area contributed by atoms with Crippen LogP contribution in [0.15, 0.2) is 18.2 Å². The Labute approximate surface area is 119 Å². The molecule has 2 aliphatic rings. The highest BCUT2D eigenvalue weighted by Gasteiger charge is 2.44. The first-order valence-corrected chi connectivity index (χ1v) is 7.29. The number of ether oxygens (including phenoxy) is 1. The summed E-state index contributed by atoms with van der Waals surface area (Å²) in [7, 11) is 0. The van der Waals surface area contributed by atoms with E-state index in [0.717, 1.165) is 5.69 Å². The summed E-state index contributed by atoms with van der Waals surface area (Å²) in [6, 6.07) is 5.90. The van der Waals surface area contributed by atoms with Crippen molar-refractivity contribution in [3.05, 3.63) is 29.3 Å². The lowest BCUT2D eigenvalue weighted by atomic mass is 9.88. The smallest absolute Gasteiger partial charge is 0.229 e. The predicted molar refractivity (Wildman–Crippen MR) is 77.8 cm³/mol. The zero-order valence-electron chi connectivity index (χ0n) is 12.3. The number of nitrogen functional groups attached to an aromatic ring is 1. The van der Waals surface area contributed by atoms with Gasteiger partial charge in [0.15, 0.2) is 0 Å². The number of rotatable bonds is 1. The van der Waals surface area contributed by atoms with E-state index in [1.807, 2.05) is 36.9 Å². The van der Waals surface area contributed by atoms with Crippen LogP contribution in [0.25, 0.3) is 0 Å². The van der Waals surface area contributed by atoms with Crippen LogP contribution in [0.1, 0.15) is 31.9 Å². The van der Waals surface area contributed by atoms with Crippen LogP contribution in [0.4, 0.5) is 5.69 Å². The Morgan fingerprint density at radius 3 is 2.55 bits per heavy atom. The van der Waals surface area contributed by atoms with E-state index < -0.39 is 0 Å². The quantitative estimate of drug-likeness (QED) is 0.799. The van der Waals surface area contributed by atoms with Gasteiger partial charge in [0.25, 0.3) is 0 Å². The van der Waals surface area contributed by atoms with E-state index in [-0.39, 0.29) is 30.0 Å². The van der Waals surface area contributed by atoms with Gasteiger partial charge in [0, 0.05) is 18.8 Å². The number of benzene rings is 1. The summed E-state index contributed by atoms with van der Waals surface area (Å²) in [6.45, 7) is 7.53. The van der Waals surface area contributed by atoms with Crippen LogP contribution in [0.3, 0.4) is 0 Å². The molecule has 4 nitrogen and oxygen atoms in total. The van der Waals surface area contributed by atoms with E-state index in [1.54, 1.807) is 0 Å². The van der Waals surface area contributed by atoms with E-state index in [0.29, 0.717) is 13.1 Å². The maximum absolute atomic E-state index is 12.8. The number of nitrogens with two attached hydrogens (primary N) is 1. The molecule has 1 saturated heterocycles. The van der Waals surface area contributed by atoms with E-state index in [2.05, 4.69) is 6.92 Å². The van der Waals surface area contributed by atoms with Gasteiger partial charge in [0.1, 0.15) is 0 Å². The van der Waals surface area contributed by atoms with Crippen molar-refractivity contribution in [2.24, 2.45) is 11.8 Å². The largest absolute Gasteiger partial charge is 0.399 e. The second-order valence-corrected chi connectivity index (χ2v) is 6.15. The third-order valence-electron chi connectivity index (χ3n) is 4.79. The van der Waals surface area contributed by atoms with Crippen LogP contribution in [-0.2, 0) is 22.6 Å². The summed E-state index contributed by atoms with van der Waals surface area (Å²) in [5.41, 5.74) is 8.96. The monoisotopic (exact) mass is 274 g/mol. The second kappa shape index (κ2) is 4.77. The normalized spacial score (nSPS) is 32.5. The highest BCUT2D eigenvalue weighted by atomic mass is 16.5. The van der Waals surface area contributed by atoms with Crippen molar-refractivity contribution in [3.8, 4) is 0 Å². The average Bonchev–Trinajstić information content (AvgIpc) is 2.91. The molecule has 2 aliphatic heterocycles. The highest BCUT2D eigenvalue weighted by molar-refractivity contribution is 5.81. The minimum Gasteiger partial charge on any atom is -0.399 e. The van der Waals surface area contributed by atoms with Gasteiger partial charge in [-0.15, -0.1) is 0 Å². The number of hydrogen-bond acceptors (Lipinski definition) is 3. The predicted octanol–water partition coefficient (Wildman–Crippen LogP) is 2.17. The van der Waals surface area contributed by atoms with Gasteiger partial charge >= 0.3 is 0 Å². The number of carbonyl (C=O) groups excluding carboxylic acids is 1. The van der Waals surface area contributed by atoms with Crippen LogP contribution in [0, 0.1) is 11.8 Å². The van der Waals surface area contributed by atoms with Crippen LogP contribution < -0.4 is 5.73 Å². The Hall–Kier alpha value is -1.55. The molecule has 1 aromatic carbocycles. The van der Waals surface area contributed by atoms with Crippen molar-refractivity contribution in [1.29, 1.82) is 0 Å². The molecule has 4 unspecified atom stereocenters. The molecule has 2 heterocycles. The summed E-state index contributed by atoms with van der Waals surface area (Å²) in [5.74, 6) is 0.451. The first kappa shape index (κ1) is 13.4. The van der Waals surface area contributed by atoms with E-state index >= 15 is 0 Å². The number of hydrogen-bond donors (Lipinski definition) is 1. The number of amides is 1. The van der Waals surface area contributed by atoms with Crippen molar-refractivity contribution >= 4 is 11.6 Å². The third kappa shape index (κ3) is 2.08. The Bertz CT molecular complexity index is 543. The Morgan fingerprint density at radius 1 is 1.20 bits per heavy atom. The molecule has 0 radical (unpaired) electrons. The molecular formula is C16H22N2O2. The van der Waals surface area contributed by atoms with Gasteiger partial charge in [0.05, 0.1) is 18.1 Å². The van der Waals surface area contributed by atoms with Crippen molar-refractivity contribution in [3.63, 3.8) is 0 Å². The second-order valence-electron chi connectivity index (χ2n) is 6.15.